The summed E-state index contributed by atoms with van der Waals surface area (Å²) in [6.45, 7) is 2.29. The van der Waals surface area contributed by atoms with E-state index in [1.165, 1.54) is 18.6 Å². The van der Waals surface area contributed by atoms with Gasteiger partial charge in [0.1, 0.15) is 11.6 Å². The van der Waals surface area contributed by atoms with E-state index < -0.39 is 0 Å². The summed E-state index contributed by atoms with van der Waals surface area (Å²) < 4.78 is 13.1. The smallest absolute Gasteiger partial charge is 0.144 e. The molecule has 0 saturated heterocycles. The second-order valence-electron chi connectivity index (χ2n) is 5.72. The molecule has 0 heterocycles. The van der Waals surface area contributed by atoms with Crippen LogP contribution in [-0.4, -0.2) is 12.3 Å². The summed E-state index contributed by atoms with van der Waals surface area (Å²) in [5.41, 5.74) is 7.30. The van der Waals surface area contributed by atoms with Gasteiger partial charge in [0.2, 0.25) is 0 Å². The number of aryl methyl sites for hydroxylation is 1. The third-order valence-electron chi connectivity index (χ3n) is 4.45. The Kier molecular flexibility index (Phi) is 4.35. The van der Waals surface area contributed by atoms with Crippen molar-refractivity contribution in [3.05, 3.63) is 35.1 Å². The summed E-state index contributed by atoms with van der Waals surface area (Å²) in [7, 11) is 0. The molecule has 0 spiro atoms. The maximum atomic E-state index is 13.1. The van der Waals surface area contributed by atoms with Gasteiger partial charge in [0.25, 0.3) is 0 Å². The van der Waals surface area contributed by atoms with Crippen molar-refractivity contribution < 1.29 is 9.18 Å². The van der Waals surface area contributed by atoms with E-state index >= 15 is 0 Å². The molecule has 1 aromatic carbocycles. The van der Waals surface area contributed by atoms with Crippen LogP contribution in [0.2, 0.25) is 0 Å². The van der Waals surface area contributed by atoms with E-state index in [4.69, 9.17) is 5.73 Å². The van der Waals surface area contributed by atoms with Crippen LogP contribution in [0.3, 0.4) is 0 Å². The Labute approximate surface area is 114 Å². The van der Waals surface area contributed by atoms with Gasteiger partial charge >= 0.3 is 0 Å². The fraction of sp³-hybridized carbons (Fsp3) is 0.562. The molecular formula is C16H22FNO. The number of ketones is 1. The number of hydrogen-bond donors (Lipinski definition) is 1. The predicted molar refractivity (Wildman–Crippen MR) is 74.4 cm³/mol. The number of Topliss-reactive ketones (excluding diaryl/α,β-unsaturated/α-hetero) is 1. The van der Waals surface area contributed by atoms with Crippen molar-refractivity contribution >= 4 is 5.78 Å². The van der Waals surface area contributed by atoms with Crippen LogP contribution in [0.5, 0.6) is 0 Å². The van der Waals surface area contributed by atoms with Crippen LogP contribution in [0, 0.1) is 18.2 Å². The highest BCUT2D eigenvalue weighted by Gasteiger charge is 2.37. The molecule has 19 heavy (non-hydrogen) atoms. The van der Waals surface area contributed by atoms with Crippen LogP contribution in [0.25, 0.3) is 0 Å². The first kappa shape index (κ1) is 14.2. The van der Waals surface area contributed by atoms with E-state index in [0.29, 0.717) is 13.0 Å². The Morgan fingerprint density at radius 1 is 1.32 bits per heavy atom. The van der Waals surface area contributed by atoms with Crippen molar-refractivity contribution in [2.45, 2.75) is 45.4 Å². The minimum Gasteiger partial charge on any atom is -0.329 e. The molecule has 2 N–H and O–H groups in total. The lowest BCUT2D eigenvalue weighted by Gasteiger charge is -2.34. The van der Waals surface area contributed by atoms with Crippen molar-refractivity contribution in [1.82, 2.24) is 0 Å². The summed E-state index contributed by atoms with van der Waals surface area (Å²) in [5, 5.41) is 0. The van der Waals surface area contributed by atoms with Crippen molar-refractivity contribution in [2.75, 3.05) is 6.54 Å². The Morgan fingerprint density at radius 2 is 2.00 bits per heavy atom. The molecule has 1 aliphatic rings. The molecule has 1 saturated carbocycles. The Morgan fingerprint density at radius 3 is 2.58 bits per heavy atom. The zero-order valence-corrected chi connectivity index (χ0v) is 11.5. The SMILES string of the molecule is Cc1cc(F)ccc1CC(=O)C1(CN)CCCCC1. The number of carbonyl (C=O) groups excluding carboxylic acids is 1. The molecule has 104 valence electrons. The monoisotopic (exact) mass is 263 g/mol. The molecule has 1 fully saturated rings. The lowest BCUT2D eigenvalue weighted by atomic mass is 9.69. The van der Waals surface area contributed by atoms with E-state index in [9.17, 15) is 9.18 Å². The van der Waals surface area contributed by atoms with Gasteiger partial charge in [0, 0.05) is 18.4 Å². The molecule has 1 aliphatic carbocycles. The van der Waals surface area contributed by atoms with Crippen LogP contribution in [-0.2, 0) is 11.2 Å². The second-order valence-corrected chi connectivity index (χ2v) is 5.72. The standard InChI is InChI=1S/C16H22FNO/c1-12-9-14(17)6-5-13(12)10-15(19)16(11-18)7-3-2-4-8-16/h5-6,9H,2-4,7-8,10-11,18H2,1H3. The van der Waals surface area contributed by atoms with Gasteiger partial charge in [-0.2, -0.15) is 0 Å². The lowest BCUT2D eigenvalue weighted by Crippen LogP contribution is -2.41. The van der Waals surface area contributed by atoms with Gasteiger partial charge in [-0.25, -0.2) is 4.39 Å². The first-order valence-electron chi connectivity index (χ1n) is 7.06. The molecule has 0 radical (unpaired) electrons. The Balaban J connectivity index is 2.15. The van der Waals surface area contributed by atoms with Gasteiger partial charge in [0.15, 0.2) is 0 Å². The lowest BCUT2D eigenvalue weighted by molar-refractivity contribution is -0.129. The number of nitrogens with two attached hydrogens (primary N) is 1. The molecule has 0 amide bonds. The Bertz CT molecular complexity index is 464. The number of rotatable bonds is 4. The molecule has 0 bridgehead atoms. The van der Waals surface area contributed by atoms with Gasteiger partial charge in [-0.1, -0.05) is 25.3 Å². The van der Waals surface area contributed by atoms with Crippen LogP contribution < -0.4 is 5.73 Å². The highest BCUT2D eigenvalue weighted by Crippen LogP contribution is 2.37. The normalized spacial score (nSPS) is 18.3. The number of benzene rings is 1. The second kappa shape index (κ2) is 5.83. The first-order valence-corrected chi connectivity index (χ1v) is 7.06. The van der Waals surface area contributed by atoms with Crippen LogP contribution in [0.15, 0.2) is 18.2 Å². The molecule has 2 nitrogen and oxygen atoms in total. The van der Waals surface area contributed by atoms with Gasteiger partial charge in [-0.05, 0) is 43.0 Å². The molecule has 0 unspecified atom stereocenters. The average molecular weight is 263 g/mol. The molecule has 1 aromatic rings. The summed E-state index contributed by atoms with van der Waals surface area (Å²) in [5.74, 6) is -0.0238. The molecule has 3 heteroatoms. The fourth-order valence-corrected chi connectivity index (χ4v) is 3.04. The third-order valence-corrected chi connectivity index (χ3v) is 4.45. The molecule has 0 atom stereocenters. The van der Waals surface area contributed by atoms with Crippen molar-refractivity contribution in [3.63, 3.8) is 0 Å². The number of carbonyl (C=O) groups is 1. The van der Waals surface area contributed by atoms with E-state index in [2.05, 4.69) is 0 Å². The topological polar surface area (TPSA) is 43.1 Å². The summed E-state index contributed by atoms with van der Waals surface area (Å²) >= 11 is 0. The van der Waals surface area contributed by atoms with Crippen LogP contribution in [0.4, 0.5) is 4.39 Å². The summed E-state index contributed by atoms with van der Waals surface area (Å²) in [6.07, 6.45) is 5.57. The molecule has 0 aliphatic heterocycles. The van der Waals surface area contributed by atoms with Crippen LogP contribution >= 0.6 is 0 Å². The number of hydrogen-bond acceptors (Lipinski definition) is 2. The summed E-state index contributed by atoms with van der Waals surface area (Å²) in [6, 6.07) is 4.62. The first-order chi connectivity index (χ1) is 9.07. The highest BCUT2D eigenvalue weighted by atomic mass is 19.1. The highest BCUT2D eigenvalue weighted by molar-refractivity contribution is 5.87. The van der Waals surface area contributed by atoms with Gasteiger partial charge in [0.05, 0.1) is 0 Å². The molecule has 0 aromatic heterocycles. The largest absolute Gasteiger partial charge is 0.329 e. The average Bonchev–Trinajstić information content (AvgIpc) is 2.42. The quantitative estimate of drug-likeness (QED) is 0.906. The predicted octanol–water partition coefficient (Wildman–Crippen LogP) is 3.15. The van der Waals surface area contributed by atoms with Gasteiger partial charge < -0.3 is 5.73 Å². The minimum atomic E-state index is -0.334. The fourth-order valence-electron chi connectivity index (χ4n) is 3.04. The van der Waals surface area contributed by atoms with Crippen molar-refractivity contribution in [3.8, 4) is 0 Å². The third kappa shape index (κ3) is 3.03. The number of halogens is 1. The maximum Gasteiger partial charge on any atom is 0.144 e. The minimum absolute atomic E-state index is 0.226. The van der Waals surface area contributed by atoms with E-state index in [0.717, 1.165) is 36.8 Å². The van der Waals surface area contributed by atoms with Crippen molar-refractivity contribution in [2.24, 2.45) is 11.1 Å². The molecule has 2 rings (SSSR count). The molecular weight excluding hydrogens is 241 g/mol. The van der Waals surface area contributed by atoms with E-state index in [1.54, 1.807) is 6.07 Å². The maximum absolute atomic E-state index is 13.1. The zero-order valence-electron chi connectivity index (χ0n) is 11.5. The van der Waals surface area contributed by atoms with Crippen LogP contribution in [0.1, 0.15) is 43.2 Å². The Hall–Kier alpha value is -1.22. The van der Waals surface area contributed by atoms with Gasteiger partial charge in [-0.15, -0.1) is 0 Å². The van der Waals surface area contributed by atoms with E-state index in [-0.39, 0.29) is 17.0 Å². The zero-order chi connectivity index (χ0) is 13.9. The van der Waals surface area contributed by atoms with Gasteiger partial charge in [-0.3, -0.25) is 4.79 Å². The van der Waals surface area contributed by atoms with E-state index in [1.807, 2.05) is 6.92 Å². The van der Waals surface area contributed by atoms with Crippen molar-refractivity contribution in [1.29, 1.82) is 0 Å². The summed E-state index contributed by atoms with van der Waals surface area (Å²) in [4.78, 5) is 12.6.